The molecule has 4 rings (SSSR count). The normalized spacial score (nSPS) is 28.0. The van der Waals surface area contributed by atoms with E-state index in [9.17, 15) is 8.78 Å². The first kappa shape index (κ1) is 12.1. The molecular formula is C16H16F2N2. The lowest BCUT2D eigenvalue weighted by molar-refractivity contribution is 0.0575. The van der Waals surface area contributed by atoms with Gasteiger partial charge in [-0.05, 0) is 24.3 Å². The Kier molecular flexibility index (Phi) is 2.35. The third-order valence-corrected chi connectivity index (χ3v) is 4.74. The van der Waals surface area contributed by atoms with Crippen LogP contribution in [0, 0.1) is 5.41 Å². The van der Waals surface area contributed by atoms with Crippen molar-refractivity contribution >= 4 is 16.6 Å². The number of anilines is 1. The summed E-state index contributed by atoms with van der Waals surface area (Å²) < 4.78 is 27.3. The van der Waals surface area contributed by atoms with Gasteiger partial charge in [0.05, 0.1) is 5.41 Å². The number of benzene rings is 1. The Labute approximate surface area is 116 Å². The second-order valence-corrected chi connectivity index (χ2v) is 6.04. The van der Waals surface area contributed by atoms with Gasteiger partial charge in [0.25, 0.3) is 5.92 Å². The first-order valence-corrected chi connectivity index (χ1v) is 7.08. The van der Waals surface area contributed by atoms with Gasteiger partial charge in [-0.2, -0.15) is 0 Å². The molecule has 2 aromatic rings. The molecule has 2 heterocycles. The molecule has 0 amide bonds. The molecule has 1 atom stereocenters. The van der Waals surface area contributed by atoms with Crippen LogP contribution in [-0.4, -0.2) is 24.0 Å². The number of pyridine rings is 1. The molecule has 4 heteroatoms. The number of halogens is 2. The van der Waals surface area contributed by atoms with Gasteiger partial charge >= 0.3 is 0 Å². The van der Waals surface area contributed by atoms with Gasteiger partial charge in [-0.15, -0.1) is 0 Å². The van der Waals surface area contributed by atoms with Crippen LogP contribution >= 0.6 is 0 Å². The number of fused-ring (bicyclic) bond motifs is 1. The molecule has 2 nitrogen and oxygen atoms in total. The lowest BCUT2D eigenvalue weighted by Gasteiger charge is -2.34. The highest BCUT2D eigenvalue weighted by atomic mass is 19.3. The Balaban J connectivity index is 1.73. The summed E-state index contributed by atoms with van der Waals surface area (Å²) in [7, 11) is 0. The standard InChI is InChI=1S/C16H16F2N2/c17-16(18)10-15(16)7-3-9-20(11-15)14-13-5-2-1-4-12(13)6-8-19-14/h1-2,4-6,8H,3,7,9-11H2. The van der Waals surface area contributed by atoms with Crippen molar-refractivity contribution in [2.75, 3.05) is 18.0 Å². The molecule has 1 unspecified atom stereocenters. The largest absolute Gasteiger partial charge is 0.355 e. The van der Waals surface area contributed by atoms with E-state index in [1.165, 1.54) is 0 Å². The van der Waals surface area contributed by atoms with Crippen LogP contribution in [-0.2, 0) is 0 Å². The smallest absolute Gasteiger partial charge is 0.256 e. The number of alkyl halides is 2. The fourth-order valence-corrected chi connectivity index (χ4v) is 3.49. The van der Waals surface area contributed by atoms with Gasteiger partial charge in [-0.3, -0.25) is 0 Å². The van der Waals surface area contributed by atoms with E-state index in [-0.39, 0.29) is 6.42 Å². The second kappa shape index (κ2) is 3.90. The SMILES string of the molecule is FC1(F)CC12CCCN(c1nccc3ccccc13)C2. The van der Waals surface area contributed by atoms with Crippen LogP contribution in [0.25, 0.3) is 10.8 Å². The van der Waals surface area contributed by atoms with Crippen molar-refractivity contribution in [1.29, 1.82) is 0 Å². The summed E-state index contributed by atoms with van der Waals surface area (Å²) in [5, 5.41) is 2.16. The number of hydrogen-bond donors (Lipinski definition) is 0. The molecule has 0 N–H and O–H groups in total. The lowest BCUT2D eigenvalue weighted by atomic mass is 9.94. The van der Waals surface area contributed by atoms with Crippen LogP contribution < -0.4 is 4.90 Å². The maximum absolute atomic E-state index is 13.6. The summed E-state index contributed by atoms with van der Waals surface area (Å²) >= 11 is 0. The van der Waals surface area contributed by atoms with Crippen LogP contribution in [0.4, 0.5) is 14.6 Å². The topological polar surface area (TPSA) is 16.1 Å². The van der Waals surface area contributed by atoms with Crippen molar-refractivity contribution < 1.29 is 8.78 Å². The van der Waals surface area contributed by atoms with Gasteiger partial charge in [0, 0.05) is 31.1 Å². The van der Waals surface area contributed by atoms with Crippen LogP contribution in [0.2, 0.25) is 0 Å². The Bertz CT molecular complexity index is 665. The molecule has 1 aromatic carbocycles. The second-order valence-electron chi connectivity index (χ2n) is 6.04. The summed E-state index contributed by atoms with van der Waals surface area (Å²) in [6, 6.07) is 9.97. The number of nitrogens with zero attached hydrogens (tertiary/aromatic N) is 2. The predicted octanol–water partition coefficient (Wildman–Crippen LogP) is 3.86. The zero-order chi connectivity index (χ0) is 13.8. The lowest BCUT2D eigenvalue weighted by Crippen LogP contribution is -2.39. The molecule has 2 aliphatic rings. The number of piperidine rings is 1. The van der Waals surface area contributed by atoms with Crippen molar-refractivity contribution in [3.8, 4) is 0 Å². The molecule has 1 saturated heterocycles. The van der Waals surface area contributed by atoms with Crippen molar-refractivity contribution in [3.63, 3.8) is 0 Å². The monoisotopic (exact) mass is 274 g/mol. The highest BCUT2D eigenvalue weighted by Gasteiger charge is 2.71. The van der Waals surface area contributed by atoms with E-state index in [0.717, 1.165) is 29.6 Å². The van der Waals surface area contributed by atoms with Gasteiger partial charge < -0.3 is 4.90 Å². The van der Waals surface area contributed by atoms with Gasteiger partial charge in [0.1, 0.15) is 5.82 Å². The molecule has 2 fully saturated rings. The van der Waals surface area contributed by atoms with Crippen LogP contribution in [0.3, 0.4) is 0 Å². The Morgan fingerprint density at radius 2 is 1.95 bits per heavy atom. The van der Waals surface area contributed by atoms with E-state index in [4.69, 9.17) is 0 Å². The van der Waals surface area contributed by atoms with Crippen LogP contribution in [0.1, 0.15) is 19.3 Å². The van der Waals surface area contributed by atoms with Gasteiger partial charge in [-0.1, -0.05) is 24.3 Å². The summed E-state index contributed by atoms with van der Waals surface area (Å²) in [5.41, 5.74) is -0.788. The average Bonchev–Trinajstić information content (AvgIpc) is 2.97. The van der Waals surface area contributed by atoms with Crippen molar-refractivity contribution in [2.24, 2.45) is 5.41 Å². The number of rotatable bonds is 1. The first-order valence-electron chi connectivity index (χ1n) is 7.08. The van der Waals surface area contributed by atoms with Crippen LogP contribution in [0.5, 0.6) is 0 Å². The fourth-order valence-electron chi connectivity index (χ4n) is 3.49. The van der Waals surface area contributed by atoms with E-state index in [2.05, 4.69) is 4.98 Å². The highest BCUT2D eigenvalue weighted by molar-refractivity contribution is 5.92. The minimum atomic E-state index is -2.48. The van der Waals surface area contributed by atoms with Gasteiger partial charge in [-0.25, -0.2) is 13.8 Å². The number of aromatic nitrogens is 1. The van der Waals surface area contributed by atoms with E-state index in [0.29, 0.717) is 13.0 Å². The molecule has 20 heavy (non-hydrogen) atoms. The summed E-state index contributed by atoms with van der Waals surface area (Å²) in [4.78, 5) is 6.50. The molecule has 1 spiro atoms. The number of hydrogen-bond acceptors (Lipinski definition) is 2. The summed E-state index contributed by atoms with van der Waals surface area (Å²) in [6.45, 7) is 1.25. The molecular weight excluding hydrogens is 258 g/mol. The Hall–Kier alpha value is -1.71. The maximum Gasteiger partial charge on any atom is 0.256 e. The average molecular weight is 274 g/mol. The first-order chi connectivity index (χ1) is 9.61. The van der Waals surface area contributed by atoms with Crippen LogP contribution in [0.15, 0.2) is 36.5 Å². The molecule has 1 aliphatic heterocycles. The minimum absolute atomic E-state index is 0.0429. The third kappa shape index (κ3) is 1.63. The fraction of sp³-hybridized carbons (Fsp3) is 0.438. The molecule has 1 saturated carbocycles. The van der Waals surface area contributed by atoms with Gasteiger partial charge in [0.2, 0.25) is 0 Å². The molecule has 0 radical (unpaired) electrons. The van der Waals surface area contributed by atoms with Crippen molar-refractivity contribution in [1.82, 2.24) is 4.98 Å². The van der Waals surface area contributed by atoms with E-state index < -0.39 is 11.3 Å². The van der Waals surface area contributed by atoms with Gasteiger partial charge in [0.15, 0.2) is 0 Å². The van der Waals surface area contributed by atoms with Crippen molar-refractivity contribution in [3.05, 3.63) is 36.5 Å². The van der Waals surface area contributed by atoms with E-state index >= 15 is 0 Å². The highest BCUT2D eigenvalue weighted by Crippen LogP contribution is 2.64. The van der Waals surface area contributed by atoms with E-state index in [1.807, 2.05) is 35.2 Å². The predicted molar refractivity (Wildman–Crippen MR) is 75.2 cm³/mol. The van der Waals surface area contributed by atoms with Crippen molar-refractivity contribution in [2.45, 2.75) is 25.2 Å². The maximum atomic E-state index is 13.6. The quantitative estimate of drug-likeness (QED) is 0.785. The Morgan fingerprint density at radius 3 is 2.75 bits per heavy atom. The zero-order valence-electron chi connectivity index (χ0n) is 11.1. The minimum Gasteiger partial charge on any atom is -0.355 e. The summed E-state index contributed by atoms with van der Waals surface area (Å²) in [6.07, 6.45) is 3.27. The molecule has 1 aromatic heterocycles. The third-order valence-electron chi connectivity index (χ3n) is 4.74. The Morgan fingerprint density at radius 1 is 1.15 bits per heavy atom. The zero-order valence-corrected chi connectivity index (χ0v) is 11.1. The summed E-state index contributed by atoms with van der Waals surface area (Å²) in [5.74, 6) is -1.62. The molecule has 1 aliphatic carbocycles. The molecule has 104 valence electrons. The van der Waals surface area contributed by atoms with E-state index in [1.54, 1.807) is 6.20 Å². The molecule has 0 bridgehead atoms.